The molecule has 8 aromatic rings. The van der Waals surface area contributed by atoms with Gasteiger partial charge in [0.05, 0.1) is 5.69 Å². The number of benzene rings is 8. The van der Waals surface area contributed by atoms with E-state index < -0.39 is 0 Å². The summed E-state index contributed by atoms with van der Waals surface area (Å²) in [5, 5.41) is 0. The van der Waals surface area contributed by atoms with E-state index in [0.29, 0.717) is 0 Å². The topological polar surface area (TPSA) is 3.24 Å². The number of hydrogen-bond donors (Lipinski definition) is 0. The molecule has 0 saturated heterocycles. The van der Waals surface area contributed by atoms with Gasteiger partial charge in [0.2, 0.25) is 0 Å². The Morgan fingerprint density at radius 2 is 0.724 bits per heavy atom. The largest absolute Gasteiger partial charge is 0.309 e. The van der Waals surface area contributed by atoms with Crippen molar-refractivity contribution in [1.29, 1.82) is 0 Å². The molecular weight excluding hydrogens is 699 g/mol. The summed E-state index contributed by atoms with van der Waals surface area (Å²) in [6.45, 7) is 14.3. The maximum absolute atomic E-state index is 2.58. The highest BCUT2D eigenvalue weighted by Crippen LogP contribution is 2.59. The van der Waals surface area contributed by atoms with Gasteiger partial charge in [-0.1, -0.05) is 187 Å². The Labute approximate surface area is 343 Å². The van der Waals surface area contributed by atoms with Crippen molar-refractivity contribution in [3.8, 4) is 55.6 Å². The normalized spacial score (nSPS) is 15.5. The number of hydrogen-bond acceptors (Lipinski definition) is 1. The summed E-state index contributed by atoms with van der Waals surface area (Å²) in [7, 11) is 0. The van der Waals surface area contributed by atoms with Gasteiger partial charge in [-0.25, -0.2) is 0 Å². The maximum Gasteiger partial charge on any atom is 0.0621 e. The van der Waals surface area contributed by atoms with E-state index in [1.54, 1.807) is 0 Å². The lowest BCUT2D eigenvalue weighted by Crippen LogP contribution is -2.18. The molecular formula is C57H47N. The molecule has 0 atom stereocenters. The van der Waals surface area contributed by atoms with Crippen LogP contribution in [0.2, 0.25) is 0 Å². The van der Waals surface area contributed by atoms with E-state index in [9.17, 15) is 0 Å². The van der Waals surface area contributed by atoms with Crippen molar-refractivity contribution in [1.82, 2.24) is 0 Å². The third kappa shape index (κ3) is 4.83. The van der Waals surface area contributed by atoms with Crippen LogP contribution < -0.4 is 4.90 Å². The summed E-state index contributed by atoms with van der Waals surface area (Å²) >= 11 is 0. The minimum atomic E-state index is -0.162. The van der Waals surface area contributed by atoms with Crippen LogP contribution >= 0.6 is 0 Å². The van der Waals surface area contributed by atoms with Crippen LogP contribution in [0.5, 0.6) is 0 Å². The molecule has 0 spiro atoms. The van der Waals surface area contributed by atoms with Crippen LogP contribution in [0.1, 0.15) is 74.9 Å². The molecule has 1 nitrogen and oxygen atoms in total. The van der Waals surface area contributed by atoms with Gasteiger partial charge < -0.3 is 4.90 Å². The molecule has 0 saturated carbocycles. The number of anilines is 3. The fourth-order valence-electron chi connectivity index (χ4n) is 10.8. The van der Waals surface area contributed by atoms with E-state index in [-0.39, 0.29) is 16.2 Å². The lowest BCUT2D eigenvalue weighted by atomic mass is 9.80. The Morgan fingerprint density at radius 3 is 1.36 bits per heavy atom. The molecule has 0 fully saturated rings. The SMILES string of the molecule is CC1(C)c2ccccc2-c2ccc(-c3ccc4c(c3N(c3ccc(-c5ccccc5)cc3)c3ccc5c(c3)C(C)(C)c3ccccc3-5)-c3ccccc3C4(C)C)cc21. The van der Waals surface area contributed by atoms with Gasteiger partial charge in [-0.05, 0) is 108 Å². The van der Waals surface area contributed by atoms with Crippen molar-refractivity contribution in [2.24, 2.45) is 0 Å². The molecule has 3 aliphatic carbocycles. The van der Waals surface area contributed by atoms with Crippen LogP contribution in [0, 0.1) is 0 Å². The lowest BCUT2D eigenvalue weighted by Gasteiger charge is -2.33. The first-order valence-electron chi connectivity index (χ1n) is 20.8. The molecule has 0 unspecified atom stereocenters. The van der Waals surface area contributed by atoms with Crippen LogP contribution in [-0.2, 0) is 16.2 Å². The number of nitrogens with zero attached hydrogens (tertiary/aromatic N) is 1. The minimum Gasteiger partial charge on any atom is -0.309 e. The quantitative estimate of drug-likeness (QED) is 0.170. The summed E-state index contributed by atoms with van der Waals surface area (Å²) in [4.78, 5) is 2.58. The Bertz CT molecular complexity index is 2960. The monoisotopic (exact) mass is 745 g/mol. The van der Waals surface area contributed by atoms with Crippen molar-refractivity contribution in [2.45, 2.75) is 57.8 Å². The zero-order valence-electron chi connectivity index (χ0n) is 34.2. The zero-order chi connectivity index (χ0) is 39.6. The standard InChI is InChI=1S/C57H47N/c1-55(2)49-23-15-12-20-46(49)53-50(55)33-32-41(38-26-30-44-42-18-10-13-21-47(42)56(3,4)51(44)34-38)54(53)58(39-27-24-37(25-28-39)36-16-8-7-9-17-36)40-29-31-45-43-19-11-14-22-48(43)57(5,6)52(45)35-40/h7-35H,1-6H3. The Morgan fingerprint density at radius 1 is 0.293 bits per heavy atom. The molecule has 0 radical (unpaired) electrons. The molecule has 3 aliphatic rings. The Kier molecular flexibility index (Phi) is 7.36. The van der Waals surface area contributed by atoms with Crippen LogP contribution in [0.4, 0.5) is 17.1 Å². The predicted octanol–water partition coefficient (Wildman–Crippen LogP) is 15.4. The lowest BCUT2D eigenvalue weighted by molar-refractivity contribution is 0.660. The predicted molar refractivity (Wildman–Crippen MR) is 245 cm³/mol. The van der Waals surface area contributed by atoms with Crippen LogP contribution in [-0.4, -0.2) is 0 Å². The van der Waals surface area contributed by atoms with Crippen molar-refractivity contribution in [3.63, 3.8) is 0 Å². The van der Waals surface area contributed by atoms with Gasteiger partial charge in [-0.15, -0.1) is 0 Å². The number of rotatable bonds is 5. The van der Waals surface area contributed by atoms with Crippen molar-refractivity contribution < 1.29 is 0 Å². The van der Waals surface area contributed by atoms with Gasteiger partial charge in [0.25, 0.3) is 0 Å². The fraction of sp³-hybridized carbons (Fsp3) is 0.158. The second-order valence-electron chi connectivity index (χ2n) is 18.1. The van der Waals surface area contributed by atoms with Crippen molar-refractivity contribution in [3.05, 3.63) is 209 Å². The molecule has 11 rings (SSSR count). The van der Waals surface area contributed by atoms with Gasteiger partial charge in [-0.2, -0.15) is 0 Å². The Balaban J connectivity index is 1.21. The van der Waals surface area contributed by atoms with E-state index in [0.717, 1.165) is 11.4 Å². The third-order valence-electron chi connectivity index (χ3n) is 13.9. The minimum absolute atomic E-state index is 0.110. The fourth-order valence-corrected chi connectivity index (χ4v) is 10.8. The summed E-state index contributed by atoms with van der Waals surface area (Å²) in [6, 6.07) is 66.2. The third-order valence-corrected chi connectivity index (χ3v) is 13.9. The molecule has 0 heterocycles. The van der Waals surface area contributed by atoms with Gasteiger partial charge in [0.15, 0.2) is 0 Å². The van der Waals surface area contributed by atoms with Crippen molar-refractivity contribution in [2.75, 3.05) is 4.90 Å². The van der Waals surface area contributed by atoms with E-state index in [1.165, 1.54) is 94.7 Å². The van der Waals surface area contributed by atoms with Gasteiger partial charge in [0, 0.05) is 38.7 Å². The first-order valence-corrected chi connectivity index (χ1v) is 20.8. The van der Waals surface area contributed by atoms with Gasteiger partial charge >= 0.3 is 0 Å². The highest BCUT2D eigenvalue weighted by molar-refractivity contribution is 6.03. The molecule has 0 aromatic heterocycles. The van der Waals surface area contributed by atoms with E-state index >= 15 is 0 Å². The first kappa shape index (κ1) is 34.8. The second kappa shape index (κ2) is 12.3. The van der Waals surface area contributed by atoms with Gasteiger partial charge in [-0.3, -0.25) is 0 Å². The molecule has 280 valence electrons. The summed E-state index contributed by atoms with van der Waals surface area (Å²) in [6.07, 6.45) is 0. The number of fused-ring (bicyclic) bond motifs is 9. The molecule has 8 aromatic carbocycles. The summed E-state index contributed by atoms with van der Waals surface area (Å²) < 4.78 is 0. The first-order chi connectivity index (χ1) is 28.0. The highest BCUT2D eigenvalue weighted by Gasteiger charge is 2.41. The van der Waals surface area contributed by atoms with Crippen LogP contribution in [0.15, 0.2) is 176 Å². The average Bonchev–Trinajstić information content (AvgIpc) is 3.74. The zero-order valence-corrected chi connectivity index (χ0v) is 34.2. The van der Waals surface area contributed by atoms with Crippen molar-refractivity contribution >= 4 is 17.1 Å². The van der Waals surface area contributed by atoms with Crippen LogP contribution in [0.25, 0.3) is 55.6 Å². The molecule has 1 heteroatoms. The second-order valence-corrected chi connectivity index (χ2v) is 18.1. The summed E-state index contributed by atoms with van der Waals surface area (Å²) in [5.41, 5.74) is 24.3. The molecule has 0 aliphatic heterocycles. The average molecular weight is 746 g/mol. The van der Waals surface area contributed by atoms with E-state index in [2.05, 4.69) is 222 Å². The molecule has 0 N–H and O–H groups in total. The smallest absolute Gasteiger partial charge is 0.0621 e. The van der Waals surface area contributed by atoms with E-state index in [1.807, 2.05) is 0 Å². The molecule has 0 bridgehead atoms. The highest BCUT2D eigenvalue weighted by atomic mass is 15.1. The van der Waals surface area contributed by atoms with E-state index in [4.69, 9.17) is 0 Å². The maximum atomic E-state index is 2.58. The van der Waals surface area contributed by atoms with Crippen LogP contribution in [0.3, 0.4) is 0 Å². The molecule has 58 heavy (non-hydrogen) atoms. The van der Waals surface area contributed by atoms with Gasteiger partial charge in [0.1, 0.15) is 0 Å². The Hall–Kier alpha value is -6.44. The molecule has 0 amide bonds. The summed E-state index contributed by atoms with van der Waals surface area (Å²) in [5.74, 6) is 0.